The molecule has 4 heterocycles. The average molecular weight is 474 g/mol. The molecule has 1 saturated heterocycles. The minimum Gasteiger partial charge on any atom is -0.369 e. The molecular formula is C25H31N9O. The summed E-state index contributed by atoms with van der Waals surface area (Å²) in [6, 6.07) is 8.54. The average Bonchev–Trinajstić information content (AvgIpc) is 3.55. The van der Waals surface area contributed by atoms with Crippen LogP contribution in [0.15, 0.2) is 35.3 Å². The molecule has 1 N–H and O–H groups in total. The Morgan fingerprint density at radius 2 is 1.74 bits per heavy atom. The van der Waals surface area contributed by atoms with Crippen LogP contribution in [0.3, 0.4) is 0 Å². The molecule has 35 heavy (non-hydrogen) atoms. The van der Waals surface area contributed by atoms with Gasteiger partial charge in [0.25, 0.3) is 5.56 Å². The molecule has 2 fully saturated rings. The summed E-state index contributed by atoms with van der Waals surface area (Å²) >= 11 is 0. The molecule has 10 heteroatoms. The predicted octanol–water partition coefficient (Wildman–Crippen LogP) is 3.14. The molecule has 182 valence electrons. The van der Waals surface area contributed by atoms with Crippen molar-refractivity contribution >= 4 is 34.1 Å². The van der Waals surface area contributed by atoms with E-state index in [9.17, 15) is 4.79 Å². The number of benzene rings is 1. The van der Waals surface area contributed by atoms with Crippen molar-refractivity contribution < 1.29 is 0 Å². The zero-order chi connectivity index (χ0) is 23.9. The summed E-state index contributed by atoms with van der Waals surface area (Å²) in [5, 5.41) is 11.6. The molecule has 0 amide bonds. The molecule has 1 saturated carbocycles. The van der Waals surface area contributed by atoms with Crippen LogP contribution in [0.2, 0.25) is 0 Å². The fourth-order valence-electron chi connectivity index (χ4n) is 5.46. The summed E-state index contributed by atoms with van der Waals surface area (Å²) in [6.07, 6.45) is 5.94. The van der Waals surface area contributed by atoms with Crippen LogP contribution >= 0.6 is 0 Å². The molecule has 0 radical (unpaired) electrons. The lowest BCUT2D eigenvalue weighted by molar-refractivity contribution is 0.271. The number of hydrogen-bond donors (Lipinski definition) is 1. The molecule has 1 aromatic carbocycles. The second-order valence-electron chi connectivity index (χ2n) is 9.52. The Labute approximate surface area is 203 Å². The summed E-state index contributed by atoms with van der Waals surface area (Å²) in [5.74, 6) is 1.12. The van der Waals surface area contributed by atoms with Crippen LogP contribution in [0.1, 0.15) is 44.5 Å². The molecule has 0 atom stereocenters. The predicted molar refractivity (Wildman–Crippen MR) is 137 cm³/mol. The number of nitrogens with zero attached hydrogens (tertiary/aromatic N) is 8. The molecule has 4 aromatic rings. The summed E-state index contributed by atoms with van der Waals surface area (Å²) in [4.78, 5) is 27.7. The number of piperazine rings is 1. The first kappa shape index (κ1) is 22.0. The number of hydrogen-bond acceptors (Lipinski definition) is 8. The molecule has 1 aliphatic heterocycles. The third kappa shape index (κ3) is 3.91. The summed E-state index contributed by atoms with van der Waals surface area (Å²) < 4.78 is 3.58. The standard InChI is InChI=1S/C25H31N9O/c1-3-31-12-14-32(15-13-31)19-10-8-18(9-11-19)27-25-26-16-21-22(28-25)34(20-6-4-5-7-20)24(35)23-30-29-17(2)33(21)23/h8-11,16,20H,3-7,12-15H2,1-2H3,(H,26,27,28). The van der Waals surface area contributed by atoms with Gasteiger partial charge in [-0.3, -0.25) is 13.8 Å². The first-order valence-corrected chi connectivity index (χ1v) is 12.6. The number of nitrogens with one attached hydrogen (secondary N) is 1. The van der Waals surface area contributed by atoms with E-state index < -0.39 is 0 Å². The van der Waals surface area contributed by atoms with Gasteiger partial charge < -0.3 is 15.1 Å². The second kappa shape index (κ2) is 8.92. The Balaban J connectivity index is 1.32. The molecular weight excluding hydrogens is 442 g/mol. The molecule has 2 aliphatic rings. The monoisotopic (exact) mass is 473 g/mol. The van der Waals surface area contributed by atoms with Gasteiger partial charge in [-0.1, -0.05) is 19.8 Å². The number of anilines is 3. The zero-order valence-corrected chi connectivity index (χ0v) is 20.3. The maximum absolute atomic E-state index is 13.4. The van der Waals surface area contributed by atoms with E-state index in [1.54, 1.807) is 10.6 Å². The molecule has 0 spiro atoms. The van der Waals surface area contributed by atoms with E-state index in [1.807, 2.05) is 11.5 Å². The van der Waals surface area contributed by atoms with Gasteiger partial charge in [0.2, 0.25) is 11.6 Å². The Hall–Kier alpha value is -3.53. The smallest absolute Gasteiger partial charge is 0.298 e. The largest absolute Gasteiger partial charge is 0.369 e. The van der Waals surface area contributed by atoms with Crippen LogP contribution in [0, 0.1) is 6.92 Å². The van der Waals surface area contributed by atoms with Crippen molar-refractivity contribution in [1.29, 1.82) is 0 Å². The SMILES string of the molecule is CCN1CCN(c2ccc(Nc3ncc4c(n3)n(C3CCCC3)c(=O)c3nnc(C)n34)cc2)CC1. The van der Waals surface area contributed by atoms with Gasteiger partial charge >= 0.3 is 0 Å². The lowest BCUT2D eigenvalue weighted by atomic mass is 10.2. The Kier molecular flexibility index (Phi) is 5.60. The number of rotatable bonds is 5. The maximum Gasteiger partial charge on any atom is 0.298 e. The van der Waals surface area contributed by atoms with Crippen LogP contribution in [0.5, 0.6) is 0 Å². The topological polar surface area (TPSA) is 96.5 Å². The van der Waals surface area contributed by atoms with Crippen LogP contribution in [0.25, 0.3) is 16.8 Å². The normalized spacial score (nSPS) is 17.6. The highest BCUT2D eigenvalue weighted by Crippen LogP contribution is 2.31. The lowest BCUT2D eigenvalue weighted by Crippen LogP contribution is -2.46. The van der Waals surface area contributed by atoms with Crippen molar-refractivity contribution in [2.75, 3.05) is 42.9 Å². The zero-order valence-electron chi connectivity index (χ0n) is 20.3. The lowest BCUT2D eigenvalue weighted by Gasteiger charge is -2.35. The van der Waals surface area contributed by atoms with Gasteiger partial charge in [-0.2, -0.15) is 4.98 Å². The minimum absolute atomic E-state index is 0.127. The van der Waals surface area contributed by atoms with E-state index in [4.69, 9.17) is 4.98 Å². The molecule has 10 nitrogen and oxygen atoms in total. The number of aryl methyl sites for hydroxylation is 1. The van der Waals surface area contributed by atoms with Gasteiger partial charge in [-0.15, -0.1) is 10.2 Å². The maximum atomic E-state index is 13.4. The van der Waals surface area contributed by atoms with Crippen LogP contribution in [-0.4, -0.2) is 66.8 Å². The van der Waals surface area contributed by atoms with Crippen molar-refractivity contribution in [3.63, 3.8) is 0 Å². The Morgan fingerprint density at radius 3 is 2.46 bits per heavy atom. The second-order valence-corrected chi connectivity index (χ2v) is 9.52. The van der Waals surface area contributed by atoms with Gasteiger partial charge in [0.1, 0.15) is 11.3 Å². The number of fused-ring (bicyclic) bond motifs is 3. The van der Waals surface area contributed by atoms with Crippen LogP contribution in [-0.2, 0) is 0 Å². The summed E-state index contributed by atoms with van der Waals surface area (Å²) in [5.41, 5.74) is 3.72. The highest BCUT2D eigenvalue weighted by molar-refractivity contribution is 5.75. The van der Waals surface area contributed by atoms with Crippen molar-refractivity contribution in [3.8, 4) is 0 Å². The molecule has 1 aliphatic carbocycles. The van der Waals surface area contributed by atoms with Crippen molar-refractivity contribution in [2.24, 2.45) is 0 Å². The number of aromatic nitrogens is 6. The highest BCUT2D eigenvalue weighted by Gasteiger charge is 2.25. The Morgan fingerprint density at radius 1 is 1.00 bits per heavy atom. The van der Waals surface area contributed by atoms with E-state index in [0.717, 1.165) is 69.6 Å². The quantitative estimate of drug-likeness (QED) is 0.472. The van der Waals surface area contributed by atoms with Gasteiger partial charge in [0.05, 0.1) is 6.20 Å². The van der Waals surface area contributed by atoms with Crippen molar-refractivity contribution in [3.05, 3.63) is 46.6 Å². The molecule has 0 bridgehead atoms. The Bertz CT molecular complexity index is 1410. The highest BCUT2D eigenvalue weighted by atomic mass is 16.1. The van der Waals surface area contributed by atoms with Crippen LogP contribution < -0.4 is 15.8 Å². The van der Waals surface area contributed by atoms with Crippen LogP contribution in [0.4, 0.5) is 17.3 Å². The van der Waals surface area contributed by atoms with E-state index in [-0.39, 0.29) is 11.6 Å². The van der Waals surface area contributed by atoms with E-state index in [1.165, 1.54) is 5.69 Å². The van der Waals surface area contributed by atoms with Crippen molar-refractivity contribution in [2.45, 2.75) is 45.6 Å². The van der Waals surface area contributed by atoms with Gasteiger partial charge in [0, 0.05) is 43.6 Å². The van der Waals surface area contributed by atoms with E-state index in [2.05, 4.69) is 61.5 Å². The van der Waals surface area contributed by atoms with Gasteiger partial charge in [0.15, 0.2) is 5.65 Å². The third-order valence-corrected chi connectivity index (χ3v) is 7.45. The van der Waals surface area contributed by atoms with E-state index in [0.29, 0.717) is 23.1 Å². The van der Waals surface area contributed by atoms with Crippen molar-refractivity contribution in [1.82, 2.24) is 34.0 Å². The molecule has 3 aromatic heterocycles. The number of likely N-dealkylation sites (N-methyl/N-ethyl adjacent to an activating group) is 1. The third-order valence-electron chi connectivity index (χ3n) is 7.45. The minimum atomic E-state index is -0.137. The fraction of sp³-hybridized carbons (Fsp3) is 0.480. The van der Waals surface area contributed by atoms with E-state index >= 15 is 0 Å². The first-order valence-electron chi connectivity index (χ1n) is 12.6. The molecule has 0 unspecified atom stereocenters. The van der Waals surface area contributed by atoms with Gasteiger partial charge in [-0.25, -0.2) is 4.98 Å². The first-order chi connectivity index (χ1) is 17.1. The fourth-order valence-corrected chi connectivity index (χ4v) is 5.46. The summed E-state index contributed by atoms with van der Waals surface area (Å²) in [7, 11) is 0. The van der Waals surface area contributed by atoms with Gasteiger partial charge in [-0.05, 0) is 50.6 Å². The molecule has 6 rings (SSSR count). The summed E-state index contributed by atoms with van der Waals surface area (Å²) in [6.45, 7) is 9.46.